The van der Waals surface area contributed by atoms with Crippen molar-refractivity contribution in [3.63, 3.8) is 0 Å². The van der Waals surface area contributed by atoms with Crippen LogP contribution in [0.5, 0.6) is 0 Å². The first-order chi connectivity index (χ1) is 15.7. The Morgan fingerprint density at radius 2 is 1.97 bits per heavy atom. The van der Waals surface area contributed by atoms with Crippen molar-refractivity contribution in [1.82, 2.24) is 25.4 Å². The summed E-state index contributed by atoms with van der Waals surface area (Å²) in [5, 5.41) is 10.1. The molecule has 1 saturated carbocycles. The van der Waals surface area contributed by atoms with Crippen molar-refractivity contribution in [3.8, 4) is 0 Å². The van der Waals surface area contributed by atoms with Gasteiger partial charge in [0.1, 0.15) is 5.82 Å². The van der Waals surface area contributed by atoms with Crippen LogP contribution in [0.15, 0.2) is 0 Å². The molecule has 10 nitrogen and oxygen atoms in total. The Labute approximate surface area is 194 Å². The number of amides is 2. The number of nitrogens with one attached hydrogen (secondary N) is 2. The molecule has 1 aromatic rings. The lowest BCUT2D eigenvalue weighted by Crippen LogP contribution is -2.56. The van der Waals surface area contributed by atoms with Gasteiger partial charge < -0.3 is 4.90 Å². The molecule has 0 bridgehead atoms. The second-order valence-electron chi connectivity index (χ2n) is 9.34. The van der Waals surface area contributed by atoms with Gasteiger partial charge in [-0.1, -0.05) is 25.7 Å². The second-order valence-corrected chi connectivity index (χ2v) is 9.34. The Bertz CT molecular complexity index is 836. The molecule has 0 radical (unpaired) electrons. The minimum absolute atomic E-state index is 0.0460. The van der Waals surface area contributed by atoms with Crippen LogP contribution in [0.4, 0.5) is 16.0 Å². The van der Waals surface area contributed by atoms with Crippen LogP contribution in [-0.4, -0.2) is 76.2 Å². The monoisotopic (exact) mass is 465 g/mol. The lowest BCUT2D eigenvalue weighted by Gasteiger charge is -2.44. The number of aromatic nitrogens is 2. The Kier molecular flexibility index (Phi) is 8.41. The van der Waals surface area contributed by atoms with Gasteiger partial charge in [-0.05, 0) is 40.2 Å². The summed E-state index contributed by atoms with van der Waals surface area (Å²) < 4.78 is 15.4. The molecule has 3 rings (SSSR count). The number of carbonyl (C=O) groups excluding carboxylic acids is 2. The standard InChI is InChI=1S/C22H36FN7O3/c1-14-15(2)30(10-9-28(14)4)21-19(23)20(24-16(3)25-21)26-27-22(32)18(12-29(33)13-31)11-17-7-5-6-8-17/h13-15,17-18,33H,5-12H2,1-4H3,(H,27,32)(H,24,25,26)/t14-,15-,18-/m0/s1. The third kappa shape index (κ3) is 6.08. The fraction of sp³-hybridized carbons (Fsp3) is 0.727. The lowest BCUT2D eigenvalue weighted by molar-refractivity contribution is -0.154. The van der Waals surface area contributed by atoms with E-state index in [2.05, 4.69) is 32.6 Å². The first kappa shape index (κ1) is 25.1. The number of hydrazine groups is 1. The Hall–Kier alpha value is -2.53. The molecule has 11 heteroatoms. The van der Waals surface area contributed by atoms with Crippen molar-refractivity contribution in [1.29, 1.82) is 0 Å². The van der Waals surface area contributed by atoms with Gasteiger partial charge in [-0.2, -0.15) is 4.39 Å². The number of piperazine rings is 1. The van der Waals surface area contributed by atoms with Crippen molar-refractivity contribution in [2.45, 2.75) is 65.0 Å². The van der Waals surface area contributed by atoms with E-state index in [0.29, 0.717) is 29.8 Å². The number of likely N-dealkylation sites (N-methyl/N-ethyl adjacent to an activating group) is 1. The molecule has 0 unspecified atom stereocenters. The van der Waals surface area contributed by atoms with Gasteiger partial charge in [-0.15, -0.1) is 0 Å². The largest absolute Gasteiger partial charge is 0.348 e. The number of anilines is 2. The highest BCUT2D eigenvalue weighted by molar-refractivity contribution is 5.80. The molecule has 2 aliphatic rings. The average Bonchev–Trinajstić information content (AvgIpc) is 3.30. The third-order valence-corrected chi connectivity index (χ3v) is 7.09. The highest BCUT2D eigenvalue weighted by atomic mass is 19.1. The summed E-state index contributed by atoms with van der Waals surface area (Å²) in [6, 6.07) is 0.268. The van der Waals surface area contributed by atoms with Crippen molar-refractivity contribution in [3.05, 3.63) is 11.6 Å². The second kappa shape index (κ2) is 11.1. The summed E-state index contributed by atoms with van der Waals surface area (Å²) in [4.78, 5) is 36.4. The van der Waals surface area contributed by atoms with Crippen LogP contribution >= 0.6 is 0 Å². The molecular formula is C22H36FN7O3. The zero-order chi connectivity index (χ0) is 24.1. The van der Waals surface area contributed by atoms with E-state index in [-0.39, 0.29) is 36.7 Å². The quantitative estimate of drug-likeness (QED) is 0.288. The molecule has 33 heavy (non-hydrogen) atoms. The molecule has 3 N–H and O–H groups in total. The molecule has 0 spiro atoms. The number of aryl methyl sites for hydroxylation is 1. The van der Waals surface area contributed by atoms with E-state index in [0.717, 1.165) is 32.2 Å². The zero-order valence-electron chi connectivity index (χ0n) is 19.9. The number of carbonyl (C=O) groups is 2. The van der Waals surface area contributed by atoms with Gasteiger partial charge >= 0.3 is 0 Å². The van der Waals surface area contributed by atoms with E-state index < -0.39 is 17.6 Å². The van der Waals surface area contributed by atoms with Gasteiger partial charge in [-0.3, -0.25) is 30.5 Å². The molecule has 1 aromatic heterocycles. The summed E-state index contributed by atoms with van der Waals surface area (Å²) in [6.45, 7) is 7.09. The van der Waals surface area contributed by atoms with E-state index in [4.69, 9.17) is 0 Å². The highest BCUT2D eigenvalue weighted by Gasteiger charge is 2.32. The maximum atomic E-state index is 15.4. The van der Waals surface area contributed by atoms with Crippen molar-refractivity contribution < 1.29 is 19.2 Å². The Balaban J connectivity index is 1.72. The van der Waals surface area contributed by atoms with Gasteiger partial charge in [0.05, 0.1) is 12.5 Å². The molecule has 2 heterocycles. The van der Waals surface area contributed by atoms with Gasteiger partial charge in [0.15, 0.2) is 11.6 Å². The molecule has 1 saturated heterocycles. The van der Waals surface area contributed by atoms with E-state index in [1.54, 1.807) is 6.92 Å². The predicted molar refractivity (Wildman–Crippen MR) is 122 cm³/mol. The van der Waals surface area contributed by atoms with Gasteiger partial charge in [0, 0.05) is 25.2 Å². The number of hydrogen-bond donors (Lipinski definition) is 3. The molecular weight excluding hydrogens is 429 g/mol. The average molecular weight is 466 g/mol. The van der Waals surface area contributed by atoms with E-state index in [1.807, 2.05) is 18.9 Å². The van der Waals surface area contributed by atoms with Crippen LogP contribution in [0.3, 0.4) is 0 Å². The smallest absolute Gasteiger partial charge is 0.243 e. The lowest BCUT2D eigenvalue weighted by atomic mass is 9.92. The maximum absolute atomic E-state index is 15.4. The molecule has 2 amide bonds. The molecule has 3 atom stereocenters. The van der Waals surface area contributed by atoms with Crippen LogP contribution in [0.2, 0.25) is 0 Å². The fourth-order valence-electron chi connectivity index (χ4n) is 4.82. The SMILES string of the molecule is Cc1nc(NNC(=O)[C@@H](CC2CCCC2)CN(O)C=O)c(F)c(N2CCN(C)[C@@H](C)[C@@H]2C)n1. The number of nitrogens with zero attached hydrogens (tertiary/aromatic N) is 5. The molecule has 184 valence electrons. The number of halogens is 1. The normalized spacial score (nSPS) is 22.8. The fourth-order valence-corrected chi connectivity index (χ4v) is 4.82. The molecule has 2 fully saturated rings. The summed E-state index contributed by atoms with van der Waals surface area (Å²) in [5.41, 5.74) is 5.14. The summed E-state index contributed by atoms with van der Waals surface area (Å²) in [7, 11) is 2.04. The van der Waals surface area contributed by atoms with Crippen LogP contribution in [0.25, 0.3) is 0 Å². The maximum Gasteiger partial charge on any atom is 0.243 e. The minimum atomic E-state index is -0.631. The Morgan fingerprint density at radius 1 is 1.27 bits per heavy atom. The van der Waals surface area contributed by atoms with Crippen LogP contribution < -0.4 is 15.8 Å². The summed E-state index contributed by atoms with van der Waals surface area (Å²) >= 11 is 0. The first-order valence-electron chi connectivity index (χ1n) is 11.7. The molecule has 1 aliphatic heterocycles. The number of hydroxylamine groups is 2. The highest BCUT2D eigenvalue weighted by Crippen LogP contribution is 2.31. The number of hydrogen-bond acceptors (Lipinski definition) is 8. The summed E-state index contributed by atoms with van der Waals surface area (Å²) in [5.74, 6) is -0.842. The summed E-state index contributed by atoms with van der Waals surface area (Å²) in [6.07, 6.45) is 5.10. The Morgan fingerprint density at radius 3 is 2.64 bits per heavy atom. The topological polar surface area (TPSA) is 114 Å². The predicted octanol–water partition coefficient (Wildman–Crippen LogP) is 1.94. The van der Waals surface area contributed by atoms with Crippen molar-refractivity contribution in [2.24, 2.45) is 11.8 Å². The van der Waals surface area contributed by atoms with Crippen LogP contribution in [0, 0.1) is 24.6 Å². The van der Waals surface area contributed by atoms with E-state index >= 15 is 4.39 Å². The van der Waals surface area contributed by atoms with Gasteiger partial charge in [-0.25, -0.2) is 15.0 Å². The molecule has 1 aliphatic carbocycles. The zero-order valence-corrected chi connectivity index (χ0v) is 19.9. The van der Waals surface area contributed by atoms with Crippen molar-refractivity contribution in [2.75, 3.05) is 37.0 Å². The van der Waals surface area contributed by atoms with Gasteiger partial charge in [0.25, 0.3) is 0 Å². The van der Waals surface area contributed by atoms with E-state index in [9.17, 15) is 14.8 Å². The van der Waals surface area contributed by atoms with Gasteiger partial charge in [0.2, 0.25) is 18.1 Å². The molecule has 0 aromatic carbocycles. The minimum Gasteiger partial charge on any atom is -0.348 e. The number of rotatable bonds is 9. The first-order valence-corrected chi connectivity index (χ1v) is 11.7. The van der Waals surface area contributed by atoms with Crippen LogP contribution in [0.1, 0.15) is 51.8 Å². The van der Waals surface area contributed by atoms with Crippen LogP contribution in [-0.2, 0) is 9.59 Å². The van der Waals surface area contributed by atoms with E-state index in [1.165, 1.54) is 0 Å². The third-order valence-electron chi connectivity index (χ3n) is 7.09. The van der Waals surface area contributed by atoms with Crippen molar-refractivity contribution >= 4 is 24.0 Å².